The molecule has 33 heavy (non-hydrogen) atoms. The lowest BCUT2D eigenvalue weighted by atomic mass is 10.0. The Hall–Kier alpha value is -3.62. The van der Waals surface area contributed by atoms with Crippen LogP contribution in [0.15, 0.2) is 30.5 Å². The first-order valence-electron chi connectivity index (χ1n) is 11.2. The minimum atomic E-state index is -0.316. The summed E-state index contributed by atoms with van der Waals surface area (Å²) < 4.78 is 13.3. The predicted octanol–water partition coefficient (Wildman–Crippen LogP) is 3.41. The summed E-state index contributed by atoms with van der Waals surface area (Å²) in [6.45, 7) is 4.68. The number of aromatic nitrogens is 4. The number of nitrogens with one attached hydrogen (secondary N) is 1. The van der Waals surface area contributed by atoms with Gasteiger partial charge in [-0.15, -0.1) is 0 Å². The number of fused-ring (bicyclic) bond motifs is 1. The first-order chi connectivity index (χ1) is 15.9. The molecular weight excluding hydrogens is 423 g/mol. The van der Waals surface area contributed by atoms with Gasteiger partial charge in [0.15, 0.2) is 5.82 Å². The highest BCUT2D eigenvalue weighted by Crippen LogP contribution is 2.36. The zero-order valence-electron chi connectivity index (χ0n) is 18.6. The van der Waals surface area contributed by atoms with Crippen molar-refractivity contribution < 1.29 is 14.0 Å². The van der Waals surface area contributed by atoms with Crippen LogP contribution in [0, 0.1) is 19.7 Å². The van der Waals surface area contributed by atoms with E-state index in [2.05, 4.69) is 10.2 Å². The highest BCUT2D eigenvalue weighted by molar-refractivity contribution is 5.96. The van der Waals surface area contributed by atoms with Gasteiger partial charge >= 0.3 is 0 Å². The lowest BCUT2D eigenvalue weighted by Gasteiger charge is -2.31. The quantitative estimate of drug-likeness (QED) is 0.660. The number of benzene rings is 1. The molecule has 9 heteroatoms. The number of nitrogens with zero attached hydrogens (tertiary/aromatic N) is 5. The zero-order chi connectivity index (χ0) is 23.1. The number of carbonyl (C=O) groups excluding carboxylic acids is 2. The number of hydrogen-bond acceptors (Lipinski definition) is 5. The maximum Gasteiger partial charge on any atom is 0.257 e. The van der Waals surface area contributed by atoms with Crippen molar-refractivity contribution in [2.24, 2.45) is 0 Å². The second kappa shape index (κ2) is 8.38. The van der Waals surface area contributed by atoms with E-state index in [0.29, 0.717) is 43.1 Å². The van der Waals surface area contributed by atoms with Gasteiger partial charge in [-0.05, 0) is 50.8 Å². The molecule has 4 heterocycles. The second-order valence-corrected chi connectivity index (χ2v) is 8.64. The number of H-pyrrole nitrogens is 1. The molecular formula is C24H25FN6O2. The van der Waals surface area contributed by atoms with E-state index >= 15 is 0 Å². The van der Waals surface area contributed by atoms with Gasteiger partial charge in [-0.25, -0.2) is 14.4 Å². The molecule has 3 aromatic rings. The molecule has 170 valence electrons. The Kier molecular flexibility index (Phi) is 5.39. The fourth-order valence-electron chi connectivity index (χ4n) is 4.69. The molecule has 2 aromatic heterocycles. The van der Waals surface area contributed by atoms with Crippen molar-refractivity contribution in [1.29, 1.82) is 0 Å². The Morgan fingerprint density at radius 2 is 1.97 bits per heavy atom. The van der Waals surface area contributed by atoms with Crippen LogP contribution in [0.25, 0.3) is 0 Å². The predicted molar refractivity (Wildman–Crippen MR) is 119 cm³/mol. The number of amides is 2. The van der Waals surface area contributed by atoms with Crippen LogP contribution in [0.2, 0.25) is 0 Å². The van der Waals surface area contributed by atoms with Crippen LogP contribution in [0.4, 0.5) is 10.2 Å². The van der Waals surface area contributed by atoms with Gasteiger partial charge in [-0.2, -0.15) is 5.10 Å². The lowest BCUT2D eigenvalue weighted by Crippen LogP contribution is -2.37. The maximum absolute atomic E-state index is 13.3. The molecule has 2 amide bonds. The molecule has 1 fully saturated rings. The summed E-state index contributed by atoms with van der Waals surface area (Å²) in [4.78, 5) is 39.1. The summed E-state index contributed by atoms with van der Waals surface area (Å²) >= 11 is 0. The number of aryl methyl sites for hydroxylation is 2. The van der Waals surface area contributed by atoms with Crippen molar-refractivity contribution >= 4 is 17.6 Å². The monoisotopic (exact) mass is 448 g/mol. The molecule has 1 atom stereocenters. The van der Waals surface area contributed by atoms with Crippen LogP contribution in [-0.4, -0.2) is 43.4 Å². The summed E-state index contributed by atoms with van der Waals surface area (Å²) in [6, 6.07) is 5.87. The summed E-state index contributed by atoms with van der Waals surface area (Å²) in [7, 11) is 0. The van der Waals surface area contributed by atoms with Crippen LogP contribution in [0.1, 0.15) is 64.0 Å². The average molecular weight is 449 g/mol. The third-order valence-corrected chi connectivity index (χ3v) is 6.48. The average Bonchev–Trinajstić information content (AvgIpc) is 3.46. The lowest BCUT2D eigenvalue weighted by molar-refractivity contribution is -0.119. The van der Waals surface area contributed by atoms with Gasteiger partial charge in [-0.3, -0.25) is 19.6 Å². The molecule has 2 aliphatic heterocycles. The Morgan fingerprint density at radius 3 is 2.70 bits per heavy atom. The fourth-order valence-corrected chi connectivity index (χ4v) is 4.69. The topological polar surface area (TPSA) is 95.1 Å². The van der Waals surface area contributed by atoms with Gasteiger partial charge in [-0.1, -0.05) is 12.1 Å². The normalized spacial score (nSPS) is 18.0. The fraction of sp³-hybridized carbons (Fsp3) is 0.375. The van der Waals surface area contributed by atoms with E-state index in [1.807, 2.05) is 13.8 Å². The van der Waals surface area contributed by atoms with Crippen LogP contribution in [0.5, 0.6) is 0 Å². The smallest absolute Gasteiger partial charge is 0.257 e. The number of carbonyl (C=O) groups is 2. The van der Waals surface area contributed by atoms with E-state index in [1.54, 1.807) is 28.1 Å². The molecule has 1 saturated heterocycles. The molecule has 0 aliphatic carbocycles. The molecule has 0 spiro atoms. The van der Waals surface area contributed by atoms with E-state index in [4.69, 9.17) is 9.97 Å². The van der Waals surface area contributed by atoms with Crippen LogP contribution in [-0.2, 0) is 17.8 Å². The van der Waals surface area contributed by atoms with Crippen LogP contribution < -0.4 is 4.90 Å². The van der Waals surface area contributed by atoms with E-state index in [-0.39, 0.29) is 23.7 Å². The molecule has 0 radical (unpaired) electrons. The minimum Gasteiger partial charge on any atom is -0.328 e. The summed E-state index contributed by atoms with van der Waals surface area (Å²) in [5, 5.41) is 6.79. The van der Waals surface area contributed by atoms with Gasteiger partial charge in [0.25, 0.3) is 5.91 Å². The first kappa shape index (κ1) is 21.2. The highest BCUT2D eigenvalue weighted by atomic mass is 19.1. The van der Waals surface area contributed by atoms with Crippen LogP contribution >= 0.6 is 0 Å². The Bertz CT molecular complexity index is 1220. The summed E-state index contributed by atoms with van der Waals surface area (Å²) in [6.07, 6.45) is 4.13. The third-order valence-electron chi connectivity index (χ3n) is 6.48. The Balaban J connectivity index is 1.50. The number of hydrogen-bond donors (Lipinski definition) is 1. The summed E-state index contributed by atoms with van der Waals surface area (Å²) in [5.74, 6) is 0.712. The largest absolute Gasteiger partial charge is 0.328 e. The van der Waals surface area contributed by atoms with E-state index in [1.165, 1.54) is 12.1 Å². The molecule has 5 rings (SSSR count). The van der Waals surface area contributed by atoms with Gasteiger partial charge in [0.1, 0.15) is 11.6 Å². The highest BCUT2D eigenvalue weighted by Gasteiger charge is 2.36. The van der Waals surface area contributed by atoms with Gasteiger partial charge in [0.05, 0.1) is 24.3 Å². The van der Waals surface area contributed by atoms with Crippen molar-refractivity contribution in [1.82, 2.24) is 25.1 Å². The van der Waals surface area contributed by atoms with Crippen LogP contribution in [0.3, 0.4) is 0 Å². The Labute approximate surface area is 190 Å². The molecule has 1 N–H and O–H groups in total. The van der Waals surface area contributed by atoms with Crippen molar-refractivity contribution in [3.05, 3.63) is 70.2 Å². The standard InChI is InChI=1S/C24H25FN6O2/c1-14-18-9-10-21(32)31(13-16-5-7-17(25)8-6-16)23(18)28-22(27-14)20-4-3-11-30(20)24(33)19-12-26-29-15(19)2/h5-8,12,20H,3-4,9-11,13H2,1-2H3,(H,26,29). The number of likely N-dealkylation sites (tertiary alicyclic amines) is 1. The minimum absolute atomic E-state index is 0.0238. The van der Waals surface area contributed by atoms with E-state index in [9.17, 15) is 14.0 Å². The molecule has 0 saturated carbocycles. The number of aromatic amines is 1. The van der Waals surface area contributed by atoms with Crippen molar-refractivity contribution in [3.8, 4) is 0 Å². The molecule has 1 unspecified atom stereocenters. The molecule has 8 nitrogen and oxygen atoms in total. The van der Waals surface area contributed by atoms with E-state index in [0.717, 1.165) is 35.4 Å². The molecule has 2 aliphatic rings. The third kappa shape index (κ3) is 3.88. The second-order valence-electron chi connectivity index (χ2n) is 8.64. The first-order valence-corrected chi connectivity index (χ1v) is 11.2. The van der Waals surface area contributed by atoms with Crippen molar-refractivity contribution in [2.45, 2.75) is 52.1 Å². The Morgan fingerprint density at radius 1 is 1.18 bits per heavy atom. The summed E-state index contributed by atoms with van der Waals surface area (Å²) in [5.41, 5.74) is 3.87. The van der Waals surface area contributed by atoms with Crippen molar-refractivity contribution in [2.75, 3.05) is 11.4 Å². The van der Waals surface area contributed by atoms with Gasteiger partial charge in [0.2, 0.25) is 5.91 Å². The van der Waals surface area contributed by atoms with Crippen molar-refractivity contribution in [3.63, 3.8) is 0 Å². The van der Waals surface area contributed by atoms with Gasteiger partial charge in [0, 0.05) is 29.9 Å². The van der Waals surface area contributed by atoms with Gasteiger partial charge < -0.3 is 4.90 Å². The number of rotatable bonds is 4. The number of anilines is 1. The maximum atomic E-state index is 13.3. The zero-order valence-corrected chi connectivity index (χ0v) is 18.6. The number of halogens is 1. The molecule has 0 bridgehead atoms. The SMILES string of the molecule is Cc1nc(C2CCCN2C(=O)c2cn[nH]c2C)nc2c1CCC(=O)N2Cc1ccc(F)cc1. The molecule has 1 aromatic carbocycles. The van der Waals surface area contributed by atoms with E-state index < -0.39 is 0 Å².